The van der Waals surface area contributed by atoms with Crippen LogP contribution in [0.1, 0.15) is 35.5 Å². The van der Waals surface area contributed by atoms with Crippen molar-refractivity contribution in [3.05, 3.63) is 59.4 Å². The van der Waals surface area contributed by atoms with E-state index in [1.165, 1.54) is 32.5 Å². The van der Waals surface area contributed by atoms with Crippen LogP contribution >= 0.6 is 0 Å². The molecule has 1 N–H and O–H groups in total. The van der Waals surface area contributed by atoms with E-state index >= 15 is 0 Å². The molecule has 34 heavy (non-hydrogen) atoms. The van der Waals surface area contributed by atoms with Gasteiger partial charge in [-0.15, -0.1) is 0 Å². The molecule has 0 radical (unpaired) electrons. The molecule has 1 amide bonds. The number of carbonyl (C=O) groups is 2. The second-order valence-corrected chi connectivity index (χ2v) is 7.59. The number of ether oxygens (including phenoxy) is 3. The smallest absolute Gasteiger partial charge is 0.471 e. The Bertz CT molecular complexity index is 1230. The Morgan fingerprint density at radius 3 is 2.26 bits per heavy atom. The van der Waals surface area contributed by atoms with E-state index in [1.54, 1.807) is 24.3 Å². The zero-order valence-electron chi connectivity index (χ0n) is 18.9. The van der Waals surface area contributed by atoms with Crippen molar-refractivity contribution >= 4 is 22.5 Å². The molecular formula is C24H23F3N2O5. The fourth-order valence-electron chi connectivity index (χ4n) is 3.34. The molecule has 0 saturated heterocycles. The summed E-state index contributed by atoms with van der Waals surface area (Å²) < 4.78 is 54.2. The molecule has 1 aromatic heterocycles. The van der Waals surface area contributed by atoms with Gasteiger partial charge in [0.05, 0.1) is 20.3 Å². The van der Waals surface area contributed by atoms with Crippen molar-refractivity contribution in [2.24, 2.45) is 0 Å². The van der Waals surface area contributed by atoms with Gasteiger partial charge in [-0.1, -0.05) is 12.1 Å². The number of alkyl halides is 3. The van der Waals surface area contributed by atoms with E-state index in [-0.39, 0.29) is 17.4 Å². The normalized spacial score (nSPS) is 11.4. The number of fused-ring (bicyclic) bond motifs is 1. The average Bonchev–Trinajstić information content (AvgIpc) is 2.79. The van der Waals surface area contributed by atoms with E-state index in [1.807, 2.05) is 19.2 Å². The third-order valence-corrected chi connectivity index (χ3v) is 4.85. The van der Waals surface area contributed by atoms with Crippen LogP contribution in [0.25, 0.3) is 10.8 Å². The maximum Gasteiger partial charge on any atom is 0.471 e. The van der Waals surface area contributed by atoms with Crippen molar-refractivity contribution in [3.8, 4) is 17.2 Å². The molecule has 1 heterocycles. The number of rotatable bonds is 8. The van der Waals surface area contributed by atoms with Gasteiger partial charge in [0.1, 0.15) is 11.4 Å². The lowest BCUT2D eigenvalue weighted by atomic mass is 9.99. The first-order valence-electron chi connectivity index (χ1n) is 10.2. The van der Waals surface area contributed by atoms with Crippen LogP contribution in [0.4, 0.5) is 13.2 Å². The number of hydrogen-bond donors (Lipinski definition) is 1. The number of ketones is 1. The van der Waals surface area contributed by atoms with Crippen LogP contribution in [-0.4, -0.2) is 43.2 Å². The Kier molecular flexibility index (Phi) is 7.29. The standard InChI is InChI=1S/C24H23F3N2O5/c1-13(2)34-16-7-5-6-14(8-16)22(30)21-18-10-20(33-4)19(32-3)9-17(18)15(11-28-21)12-29-23(31)24(25,26)27/h5-11,13H,12H2,1-4H3,(H,29,31). The summed E-state index contributed by atoms with van der Waals surface area (Å²) in [5.41, 5.74) is 0.644. The highest BCUT2D eigenvalue weighted by Gasteiger charge is 2.38. The molecule has 0 fully saturated rings. The van der Waals surface area contributed by atoms with E-state index in [0.717, 1.165) is 0 Å². The maximum atomic E-state index is 13.4. The van der Waals surface area contributed by atoms with Crippen molar-refractivity contribution in [1.82, 2.24) is 10.3 Å². The maximum absolute atomic E-state index is 13.4. The first kappa shape index (κ1) is 24.8. The summed E-state index contributed by atoms with van der Waals surface area (Å²) in [5, 5.41) is 2.54. The quantitative estimate of drug-likeness (QED) is 0.484. The predicted octanol–water partition coefficient (Wildman–Crippen LogP) is 4.45. The molecule has 0 bridgehead atoms. The number of benzene rings is 2. The van der Waals surface area contributed by atoms with E-state index < -0.39 is 24.4 Å². The lowest BCUT2D eigenvalue weighted by Crippen LogP contribution is -2.36. The van der Waals surface area contributed by atoms with E-state index in [2.05, 4.69) is 4.98 Å². The molecular weight excluding hydrogens is 453 g/mol. The fraction of sp³-hybridized carbons (Fsp3) is 0.292. The third kappa shape index (κ3) is 5.38. The second kappa shape index (κ2) is 9.98. The zero-order chi connectivity index (χ0) is 25.0. The highest BCUT2D eigenvalue weighted by Crippen LogP contribution is 2.35. The minimum atomic E-state index is -5.02. The van der Waals surface area contributed by atoms with E-state index in [9.17, 15) is 22.8 Å². The summed E-state index contributed by atoms with van der Waals surface area (Å²) in [7, 11) is 2.82. The molecule has 0 spiro atoms. The van der Waals surface area contributed by atoms with Crippen LogP contribution in [0, 0.1) is 0 Å². The molecule has 10 heteroatoms. The number of halogens is 3. The minimum absolute atomic E-state index is 0.0588. The van der Waals surface area contributed by atoms with Gasteiger partial charge in [-0.05, 0) is 49.1 Å². The second-order valence-electron chi connectivity index (χ2n) is 7.59. The molecule has 2 aromatic carbocycles. The van der Waals surface area contributed by atoms with Gasteiger partial charge in [0.2, 0.25) is 5.78 Å². The summed E-state index contributed by atoms with van der Waals surface area (Å²) in [5.74, 6) is -1.38. The number of nitrogens with zero attached hydrogens (tertiary/aromatic N) is 1. The van der Waals surface area contributed by atoms with E-state index in [0.29, 0.717) is 33.6 Å². The van der Waals surface area contributed by atoms with Crippen molar-refractivity contribution < 1.29 is 37.0 Å². The molecule has 0 saturated carbocycles. The largest absolute Gasteiger partial charge is 0.493 e. The average molecular weight is 476 g/mol. The number of pyridine rings is 1. The number of methoxy groups -OCH3 is 2. The summed E-state index contributed by atoms with van der Waals surface area (Å²) in [6.45, 7) is 3.27. The summed E-state index contributed by atoms with van der Waals surface area (Å²) in [4.78, 5) is 28.9. The van der Waals surface area contributed by atoms with Crippen LogP contribution in [-0.2, 0) is 11.3 Å². The number of carbonyl (C=O) groups excluding carboxylic acids is 2. The van der Waals surface area contributed by atoms with Crippen LogP contribution in [0.2, 0.25) is 0 Å². The van der Waals surface area contributed by atoms with Crippen LogP contribution in [0.15, 0.2) is 42.6 Å². The molecule has 0 unspecified atom stereocenters. The SMILES string of the molecule is COc1cc2c(CNC(=O)C(F)(F)F)cnc(C(=O)c3cccc(OC(C)C)c3)c2cc1OC. The highest BCUT2D eigenvalue weighted by molar-refractivity contribution is 6.15. The number of nitrogens with one attached hydrogen (secondary N) is 1. The Balaban J connectivity index is 2.10. The topological polar surface area (TPSA) is 86.8 Å². The van der Waals surface area contributed by atoms with Crippen LogP contribution < -0.4 is 19.5 Å². The van der Waals surface area contributed by atoms with Gasteiger partial charge in [-0.3, -0.25) is 14.6 Å². The Morgan fingerprint density at radius 1 is 1.03 bits per heavy atom. The first-order chi connectivity index (χ1) is 16.0. The third-order valence-electron chi connectivity index (χ3n) is 4.85. The summed E-state index contributed by atoms with van der Waals surface area (Å²) in [6.07, 6.45) is -3.86. The molecule has 180 valence electrons. The number of hydrogen-bond acceptors (Lipinski definition) is 6. The molecule has 0 aliphatic heterocycles. The minimum Gasteiger partial charge on any atom is -0.493 e. The number of amides is 1. The van der Waals surface area contributed by atoms with Gasteiger partial charge < -0.3 is 19.5 Å². The van der Waals surface area contributed by atoms with Gasteiger partial charge in [-0.2, -0.15) is 13.2 Å². The van der Waals surface area contributed by atoms with Gasteiger partial charge in [0.25, 0.3) is 0 Å². The van der Waals surface area contributed by atoms with Crippen molar-refractivity contribution in [2.45, 2.75) is 32.7 Å². The fourth-order valence-corrected chi connectivity index (χ4v) is 3.34. The molecule has 7 nitrogen and oxygen atoms in total. The molecule has 3 aromatic rings. The lowest BCUT2D eigenvalue weighted by molar-refractivity contribution is -0.173. The summed E-state index contributed by atoms with van der Waals surface area (Å²) in [6, 6.07) is 9.66. The molecule has 0 aliphatic carbocycles. The van der Waals surface area contributed by atoms with Gasteiger partial charge in [0.15, 0.2) is 11.5 Å². The van der Waals surface area contributed by atoms with Gasteiger partial charge in [0, 0.05) is 23.7 Å². The van der Waals surface area contributed by atoms with Crippen molar-refractivity contribution in [1.29, 1.82) is 0 Å². The first-order valence-corrected chi connectivity index (χ1v) is 10.2. The molecule has 3 rings (SSSR count). The monoisotopic (exact) mass is 476 g/mol. The van der Waals surface area contributed by atoms with E-state index in [4.69, 9.17) is 14.2 Å². The van der Waals surface area contributed by atoms with Gasteiger partial charge >= 0.3 is 12.1 Å². The Labute approximate surface area is 193 Å². The van der Waals surface area contributed by atoms with Crippen LogP contribution in [0.5, 0.6) is 17.2 Å². The predicted molar refractivity (Wildman–Crippen MR) is 118 cm³/mol. The highest BCUT2D eigenvalue weighted by atomic mass is 19.4. The lowest BCUT2D eigenvalue weighted by Gasteiger charge is -2.15. The van der Waals surface area contributed by atoms with Crippen LogP contribution in [0.3, 0.4) is 0 Å². The van der Waals surface area contributed by atoms with Crippen molar-refractivity contribution in [2.75, 3.05) is 14.2 Å². The zero-order valence-corrected chi connectivity index (χ0v) is 18.9. The molecule has 0 atom stereocenters. The van der Waals surface area contributed by atoms with Gasteiger partial charge in [-0.25, -0.2) is 0 Å². The Hall–Kier alpha value is -3.82. The number of aromatic nitrogens is 1. The Morgan fingerprint density at radius 2 is 1.68 bits per heavy atom. The molecule has 0 aliphatic rings. The van der Waals surface area contributed by atoms with Crippen molar-refractivity contribution in [3.63, 3.8) is 0 Å². The summed E-state index contributed by atoms with van der Waals surface area (Å²) >= 11 is 0.